The third kappa shape index (κ3) is 3.31. The lowest BCUT2D eigenvalue weighted by Gasteiger charge is -2.04. The van der Waals surface area contributed by atoms with E-state index < -0.39 is 0 Å². The lowest BCUT2D eigenvalue weighted by Crippen LogP contribution is -2.00. The quantitative estimate of drug-likeness (QED) is 0.848. The van der Waals surface area contributed by atoms with Gasteiger partial charge < -0.3 is 11.1 Å². The van der Waals surface area contributed by atoms with Gasteiger partial charge in [0.05, 0.1) is 0 Å². The summed E-state index contributed by atoms with van der Waals surface area (Å²) in [5.41, 5.74) is 5.61. The van der Waals surface area contributed by atoms with Crippen LogP contribution in [0.2, 0.25) is 0 Å². The third-order valence-corrected chi connectivity index (χ3v) is 3.22. The topological polar surface area (TPSA) is 76.7 Å². The van der Waals surface area contributed by atoms with Gasteiger partial charge in [0.25, 0.3) is 0 Å². The number of hydrogen-bond donors (Lipinski definition) is 2. The Balaban J connectivity index is 2.23. The smallest absolute Gasteiger partial charge is 0.223 e. The maximum atomic E-state index is 5.61. The number of halogens is 1. The fourth-order valence-electron chi connectivity index (χ4n) is 1.15. The van der Waals surface area contributed by atoms with Crippen LogP contribution in [0.15, 0.2) is 38.9 Å². The molecule has 0 aliphatic heterocycles. The van der Waals surface area contributed by atoms with Crippen molar-refractivity contribution in [2.75, 3.05) is 18.1 Å². The molecule has 2 aromatic rings. The van der Waals surface area contributed by atoms with E-state index in [1.54, 1.807) is 13.2 Å². The van der Waals surface area contributed by atoms with Crippen LogP contribution < -0.4 is 11.1 Å². The molecule has 88 valence electrons. The molecule has 7 heteroatoms. The highest BCUT2D eigenvalue weighted by atomic mass is 79.9. The van der Waals surface area contributed by atoms with Crippen molar-refractivity contribution in [1.82, 2.24) is 15.0 Å². The molecule has 2 aromatic heterocycles. The molecule has 0 atom stereocenters. The van der Waals surface area contributed by atoms with Gasteiger partial charge in [0.15, 0.2) is 0 Å². The van der Waals surface area contributed by atoms with Crippen molar-refractivity contribution < 1.29 is 0 Å². The number of rotatable bonds is 3. The molecule has 0 saturated heterocycles. The Bertz CT molecular complexity index is 517. The normalized spacial score (nSPS) is 10.2. The summed E-state index contributed by atoms with van der Waals surface area (Å²) in [4.78, 5) is 12.4. The Hall–Kier alpha value is -1.34. The lowest BCUT2D eigenvalue weighted by atomic mass is 10.5. The summed E-state index contributed by atoms with van der Waals surface area (Å²) in [5.74, 6) is 0.938. The zero-order chi connectivity index (χ0) is 12.3. The van der Waals surface area contributed by atoms with E-state index in [9.17, 15) is 0 Å². The van der Waals surface area contributed by atoms with Gasteiger partial charge in [0.1, 0.15) is 15.9 Å². The molecule has 2 rings (SSSR count). The number of pyridine rings is 1. The molecule has 0 amide bonds. The number of nitrogens with zero attached hydrogens (tertiary/aromatic N) is 3. The molecular formula is C10H10BrN5S. The van der Waals surface area contributed by atoms with Gasteiger partial charge in [-0.25, -0.2) is 9.97 Å². The molecule has 0 aliphatic carbocycles. The molecule has 2 heterocycles. The first-order chi connectivity index (χ1) is 8.17. The average molecular weight is 312 g/mol. The van der Waals surface area contributed by atoms with Crippen LogP contribution in [-0.4, -0.2) is 22.0 Å². The van der Waals surface area contributed by atoms with E-state index in [2.05, 4.69) is 36.2 Å². The zero-order valence-electron chi connectivity index (χ0n) is 9.01. The average Bonchev–Trinajstić information content (AvgIpc) is 2.31. The summed E-state index contributed by atoms with van der Waals surface area (Å²) in [7, 11) is 1.79. The van der Waals surface area contributed by atoms with Crippen molar-refractivity contribution >= 4 is 39.5 Å². The molecule has 0 unspecified atom stereocenters. The van der Waals surface area contributed by atoms with Crippen LogP contribution in [0.5, 0.6) is 0 Å². The molecule has 0 fully saturated rings. The van der Waals surface area contributed by atoms with Crippen LogP contribution in [0.3, 0.4) is 0 Å². The highest BCUT2D eigenvalue weighted by molar-refractivity contribution is 9.10. The largest absolute Gasteiger partial charge is 0.373 e. The van der Waals surface area contributed by atoms with Gasteiger partial charge in [-0.2, -0.15) is 4.98 Å². The van der Waals surface area contributed by atoms with Crippen LogP contribution in [0.4, 0.5) is 11.8 Å². The van der Waals surface area contributed by atoms with E-state index in [-0.39, 0.29) is 5.95 Å². The predicted octanol–water partition coefficient (Wildman–Crippen LogP) is 2.41. The molecule has 0 saturated carbocycles. The van der Waals surface area contributed by atoms with E-state index in [1.807, 2.05) is 18.2 Å². The second-order valence-electron chi connectivity index (χ2n) is 3.12. The van der Waals surface area contributed by atoms with Crippen molar-refractivity contribution in [3.05, 3.63) is 28.9 Å². The van der Waals surface area contributed by atoms with Crippen molar-refractivity contribution in [3.8, 4) is 0 Å². The number of hydrogen-bond acceptors (Lipinski definition) is 6. The first kappa shape index (κ1) is 12.1. The predicted molar refractivity (Wildman–Crippen MR) is 72.1 cm³/mol. The van der Waals surface area contributed by atoms with Gasteiger partial charge in [-0.15, -0.1) is 0 Å². The minimum atomic E-state index is 0.247. The summed E-state index contributed by atoms with van der Waals surface area (Å²) in [6.45, 7) is 0. The fourth-order valence-corrected chi connectivity index (χ4v) is 2.15. The standard InChI is InChI=1S/C10H10BrN5S/c1-13-7-4-9(16-10(12)15-7)17-8-3-2-6(11)5-14-8/h2-5H,1H3,(H3,12,13,15,16). The Morgan fingerprint density at radius 3 is 2.76 bits per heavy atom. The molecule has 5 nitrogen and oxygen atoms in total. The van der Waals surface area contributed by atoms with Crippen LogP contribution in [0.25, 0.3) is 0 Å². The maximum absolute atomic E-state index is 5.61. The highest BCUT2D eigenvalue weighted by Gasteiger charge is 2.04. The van der Waals surface area contributed by atoms with Crippen molar-refractivity contribution in [3.63, 3.8) is 0 Å². The van der Waals surface area contributed by atoms with Gasteiger partial charge in [-0.3, -0.25) is 0 Å². The van der Waals surface area contributed by atoms with Crippen LogP contribution in [0.1, 0.15) is 0 Å². The van der Waals surface area contributed by atoms with Crippen LogP contribution >= 0.6 is 27.7 Å². The van der Waals surface area contributed by atoms with Crippen molar-refractivity contribution in [2.24, 2.45) is 0 Å². The number of aromatic nitrogens is 3. The number of nitrogen functional groups attached to an aromatic ring is 1. The van der Waals surface area contributed by atoms with E-state index in [1.165, 1.54) is 11.8 Å². The second-order valence-corrected chi connectivity index (χ2v) is 5.07. The maximum Gasteiger partial charge on any atom is 0.223 e. The second kappa shape index (κ2) is 5.33. The van der Waals surface area contributed by atoms with E-state index in [4.69, 9.17) is 5.73 Å². The van der Waals surface area contributed by atoms with Gasteiger partial charge in [0, 0.05) is 23.8 Å². The van der Waals surface area contributed by atoms with Crippen molar-refractivity contribution in [1.29, 1.82) is 0 Å². The van der Waals surface area contributed by atoms with Gasteiger partial charge in [-0.1, -0.05) is 0 Å². The number of nitrogens with one attached hydrogen (secondary N) is 1. The van der Waals surface area contributed by atoms with Crippen molar-refractivity contribution in [2.45, 2.75) is 10.1 Å². The molecule has 0 bridgehead atoms. The van der Waals surface area contributed by atoms with E-state index in [0.29, 0.717) is 5.82 Å². The van der Waals surface area contributed by atoms with Gasteiger partial charge in [-0.05, 0) is 39.8 Å². The van der Waals surface area contributed by atoms with E-state index >= 15 is 0 Å². The Morgan fingerprint density at radius 2 is 2.12 bits per heavy atom. The first-order valence-electron chi connectivity index (χ1n) is 4.79. The summed E-state index contributed by atoms with van der Waals surface area (Å²) >= 11 is 4.77. The molecule has 0 aliphatic rings. The summed E-state index contributed by atoms with van der Waals surface area (Å²) in [5, 5.41) is 4.55. The summed E-state index contributed by atoms with van der Waals surface area (Å²) in [6.07, 6.45) is 1.74. The molecule has 0 radical (unpaired) electrons. The monoisotopic (exact) mass is 311 g/mol. The van der Waals surface area contributed by atoms with Crippen LogP contribution in [0, 0.1) is 0 Å². The number of anilines is 2. The van der Waals surface area contributed by atoms with Gasteiger partial charge in [0.2, 0.25) is 5.95 Å². The Kier molecular flexibility index (Phi) is 3.80. The molecule has 3 N–H and O–H groups in total. The Labute approximate surface area is 111 Å². The minimum Gasteiger partial charge on any atom is -0.373 e. The molecule has 17 heavy (non-hydrogen) atoms. The molecule has 0 aromatic carbocycles. The lowest BCUT2D eigenvalue weighted by molar-refractivity contribution is 1.05. The summed E-state index contributed by atoms with van der Waals surface area (Å²) < 4.78 is 0.944. The molecule has 0 spiro atoms. The SMILES string of the molecule is CNc1cc(Sc2ccc(Br)cn2)nc(N)n1. The number of nitrogens with two attached hydrogens (primary N) is 1. The Morgan fingerprint density at radius 1 is 1.29 bits per heavy atom. The zero-order valence-corrected chi connectivity index (χ0v) is 11.4. The highest BCUT2D eigenvalue weighted by Crippen LogP contribution is 2.26. The van der Waals surface area contributed by atoms with Crippen LogP contribution in [-0.2, 0) is 0 Å². The van der Waals surface area contributed by atoms with Gasteiger partial charge >= 0.3 is 0 Å². The molecular weight excluding hydrogens is 302 g/mol. The summed E-state index contributed by atoms with van der Waals surface area (Å²) in [6, 6.07) is 5.66. The first-order valence-corrected chi connectivity index (χ1v) is 6.40. The third-order valence-electron chi connectivity index (χ3n) is 1.89. The minimum absolute atomic E-state index is 0.247. The fraction of sp³-hybridized carbons (Fsp3) is 0.100. The van der Waals surface area contributed by atoms with E-state index in [0.717, 1.165) is 14.5 Å².